The molecule has 0 radical (unpaired) electrons. The lowest BCUT2D eigenvalue weighted by Crippen LogP contribution is -2.48. The van der Waals surface area contributed by atoms with Crippen LogP contribution in [0.4, 0.5) is 5.69 Å². The number of rotatable bonds is 9. The van der Waals surface area contributed by atoms with E-state index >= 15 is 0 Å². The molecule has 2 heterocycles. The van der Waals surface area contributed by atoms with Crippen LogP contribution in [-0.2, 0) is 11.3 Å². The molecule has 0 saturated heterocycles. The minimum absolute atomic E-state index is 0.114. The maximum absolute atomic E-state index is 12.9. The summed E-state index contributed by atoms with van der Waals surface area (Å²) in [5.74, 6) is 0.967. The molecule has 0 aliphatic heterocycles. The van der Waals surface area contributed by atoms with Gasteiger partial charge in [-0.2, -0.15) is 0 Å². The van der Waals surface area contributed by atoms with Crippen molar-refractivity contribution < 1.29 is 9.32 Å². The molecule has 2 unspecified atom stereocenters. The second-order valence-corrected chi connectivity index (χ2v) is 7.51. The van der Waals surface area contributed by atoms with Gasteiger partial charge < -0.3 is 20.1 Å². The topological polar surface area (TPSA) is 83.3 Å². The van der Waals surface area contributed by atoms with Gasteiger partial charge in [0.05, 0.1) is 30.2 Å². The molecule has 1 saturated carbocycles. The van der Waals surface area contributed by atoms with Crippen LogP contribution in [-0.4, -0.2) is 46.1 Å². The Morgan fingerprint density at radius 2 is 2.31 bits per heavy atom. The molecule has 1 aliphatic rings. The quantitative estimate of drug-likeness (QED) is 0.675. The van der Waals surface area contributed by atoms with Gasteiger partial charge in [0.1, 0.15) is 0 Å². The highest BCUT2D eigenvalue weighted by Crippen LogP contribution is 2.24. The SMILES string of the molecule is C=Cc1ncccc1NCC(=O)N(CC)C1CCCC(NCc2cc(C)no2)C1. The summed E-state index contributed by atoms with van der Waals surface area (Å²) in [5, 5.41) is 10.7. The third-order valence-electron chi connectivity index (χ3n) is 5.45. The van der Waals surface area contributed by atoms with Gasteiger partial charge in [-0.05, 0) is 57.7 Å². The lowest BCUT2D eigenvalue weighted by molar-refractivity contribution is -0.132. The molecule has 2 N–H and O–H groups in total. The van der Waals surface area contributed by atoms with E-state index in [4.69, 9.17) is 4.52 Å². The minimum atomic E-state index is 0.114. The smallest absolute Gasteiger partial charge is 0.242 e. The van der Waals surface area contributed by atoms with Gasteiger partial charge in [-0.1, -0.05) is 11.7 Å². The van der Waals surface area contributed by atoms with Crippen LogP contribution < -0.4 is 10.6 Å². The van der Waals surface area contributed by atoms with Crippen LogP contribution in [0.2, 0.25) is 0 Å². The predicted octanol–water partition coefficient (Wildman–Crippen LogP) is 3.38. The van der Waals surface area contributed by atoms with Gasteiger partial charge in [0.2, 0.25) is 5.91 Å². The first-order valence-corrected chi connectivity index (χ1v) is 10.4. The number of nitrogens with one attached hydrogen (secondary N) is 2. The summed E-state index contributed by atoms with van der Waals surface area (Å²) in [6, 6.07) is 6.35. The monoisotopic (exact) mass is 397 g/mol. The van der Waals surface area contributed by atoms with E-state index < -0.39 is 0 Å². The summed E-state index contributed by atoms with van der Waals surface area (Å²) < 4.78 is 5.28. The highest BCUT2D eigenvalue weighted by molar-refractivity contribution is 5.82. The molecule has 1 fully saturated rings. The lowest BCUT2D eigenvalue weighted by Gasteiger charge is -2.37. The molecule has 2 atom stereocenters. The zero-order valence-corrected chi connectivity index (χ0v) is 17.4. The van der Waals surface area contributed by atoms with Gasteiger partial charge in [0.15, 0.2) is 5.76 Å². The van der Waals surface area contributed by atoms with Crippen molar-refractivity contribution in [2.45, 2.75) is 58.2 Å². The number of nitrogens with zero attached hydrogens (tertiary/aromatic N) is 3. The van der Waals surface area contributed by atoms with Crippen molar-refractivity contribution in [2.75, 3.05) is 18.4 Å². The Balaban J connectivity index is 1.53. The minimum Gasteiger partial charge on any atom is -0.374 e. The number of hydrogen-bond acceptors (Lipinski definition) is 6. The summed E-state index contributed by atoms with van der Waals surface area (Å²) in [6.45, 7) is 9.38. The van der Waals surface area contributed by atoms with Crippen molar-refractivity contribution in [1.82, 2.24) is 20.4 Å². The third-order valence-corrected chi connectivity index (χ3v) is 5.45. The first-order chi connectivity index (χ1) is 14.1. The van der Waals surface area contributed by atoms with E-state index in [0.717, 1.165) is 48.5 Å². The average molecular weight is 398 g/mol. The maximum atomic E-state index is 12.9. The Kier molecular flexibility index (Phi) is 7.41. The van der Waals surface area contributed by atoms with Gasteiger partial charge in [-0.25, -0.2) is 0 Å². The van der Waals surface area contributed by atoms with Crippen molar-refractivity contribution in [3.05, 3.63) is 48.1 Å². The molecule has 7 nitrogen and oxygen atoms in total. The van der Waals surface area contributed by atoms with E-state index in [-0.39, 0.29) is 18.5 Å². The fourth-order valence-electron chi connectivity index (χ4n) is 4.02. The standard InChI is InChI=1S/C22H31N5O2/c1-4-20-21(10-7-11-23-20)25-15-22(28)27(5-2)18-9-6-8-17(13-18)24-14-19-12-16(3)26-29-19/h4,7,10-12,17-18,24-25H,1,5-6,8-9,13-15H2,2-3H3. The first-order valence-electron chi connectivity index (χ1n) is 10.4. The van der Waals surface area contributed by atoms with Crippen LogP contribution in [0.5, 0.6) is 0 Å². The number of likely N-dealkylation sites (N-methyl/N-ethyl adjacent to an activating group) is 1. The van der Waals surface area contributed by atoms with Crippen LogP contribution >= 0.6 is 0 Å². The number of anilines is 1. The van der Waals surface area contributed by atoms with Crippen LogP contribution in [0.3, 0.4) is 0 Å². The van der Waals surface area contributed by atoms with E-state index in [1.54, 1.807) is 12.3 Å². The van der Waals surface area contributed by atoms with E-state index in [2.05, 4.69) is 27.4 Å². The van der Waals surface area contributed by atoms with Gasteiger partial charge in [0.25, 0.3) is 0 Å². The summed E-state index contributed by atoms with van der Waals surface area (Å²) in [6.07, 6.45) is 7.64. The molecule has 29 heavy (non-hydrogen) atoms. The van der Waals surface area contributed by atoms with Crippen molar-refractivity contribution in [2.24, 2.45) is 0 Å². The molecule has 3 rings (SSSR count). The number of pyridine rings is 1. The Labute approximate surface area is 172 Å². The number of carbonyl (C=O) groups is 1. The molecular formula is C22H31N5O2. The molecule has 1 amide bonds. The summed E-state index contributed by atoms with van der Waals surface area (Å²) in [7, 11) is 0. The first kappa shape index (κ1) is 21.0. The second kappa shape index (κ2) is 10.2. The Bertz CT molecular complexity index is 819. The molecule has 7 heteroatoms. The van der Waals surface area contributed by atoms with Crippen molar-refractivity contribution in [3.63, 3.8) is 0 Å². The van der Waals surface area contributed by atoms with E-state index in [1.807, 2.05) is 36.9 Å². The van der Waals surface area contributed by atoms with Crippen molar-refractivity contribution in [1.29, 1.82) is 0 Å². The number of aryl methyl sites for hydroxylation is 1. The predicted molar refractivity (Wildman–Crippen MR) is 114 cm³/mol. The van der Waals surface area contributed by atoms with Crippen LogP contribution in [0.25, 0.3) is 6.08 Å². The average Bonchev–Trinajstić information content (AvgIpc) is 3.17. The van der Waals surface area contributed by atoms with E-state index in [9.17, 15) is 4.79 Å². The second-order valence-electron chi connectivity index (χ2n) is 7.51. The van der Waals surface area contributed by atoms with Gasteiger partial charge >= 0.3 is 0 Å². The number of carbonyl (C=O) groups excluding carboxylic acids is 1. The maximum Gasteiger partial charge on any atom is 0.242 e. The zero-order valence-electron chi connectivity index (χ0n) is 17.4. The van der Waals surface area contributed by atoms with E-state index in [1.165, 1.54) is 0 Å². The summed E-state index contributed by atoms with van der Waals surface area (Å²) in [4.78, 5) is 19.2. The van der Waals surface area contributed by atoms with E-state index in [0.29, 0.717) is 19.1 Å². The zero-order chi connectivity index (χ0) is 20.6. The van der Waals surface area contributed by atoms with Crippen LogP contribution in [0.15, 0.2) is 35.5 Å². The Morgan fingerprint density at radius 1 is 1.45 bits per heavy atom. The van der Waals surface area contributed by atoms with Gasteiger partial charge in [-0.15, -0.1) is 0 Å². The summed E-state index contributed by atoms with van der Waals surface area (Å²) in [5.41, 5.74) is 2.48. The molecule has 1 aliphatic carbocycles. The Morgan fingerprint density at radius 3 is 3.03 bits per heavy atom. The number of amides is 1. The molecule has 0 spiro atoms. The molecule has 0 aromatic carbocycles. The Hall–Kier alpha value is -2.67. The molecule has 0 bridgehead atoms. The third kappa shape index (κ3) is 5.67. The van der Waals surface area contributed by atoms with Crippen molar-refractivity contribution >= 4 is 17.7 Å². The van der Waals surface area contributed by atoms with Gasteiger partial charge in [0, 0.05) is 30.9 Å². The molecule has 156 valence electrons. The largest absolute Gasteiger partial charge is 0.374 e. The lowest BCUT2D eigenvalue weighted by atomic mass is 9.89. The highest BCUT2D eigenvalue weighted by atomic mass is 16.5. The normalized spacial score (nSPS) is 19.0. The van der Waals surface area contributed by atoms with Crippen LogP contribution in [0, 0.1) is 6.92 Å². The highest BCUT2D eigenvalue weighted by Gasteiger charge is 2.28. The van der Waals surface area contributed by atoms with Gasteiger partial charge in [-0.3, -0.25) is 9.78 Å². The fourth-order valence-corrected chi connectivity index (χ4v) is 4.02. The molecule has 2 aromatic heterocycles. The van der Waals surface area contributed by atoms with Crippen molar-refractivity contribution in [3.8, 4) is 0 Å². The molecular weight excluding hydrogens is 366 g/mol. The fraction of sp³-hybridized carbons (Fsp3) is 0.500. The molecule has 2 aromatic rings. The summed E-state index contributed by atoms with van der Waals surface area (Å²) >= 11 is 0. The number of hydrogen-bond donors (Lipinski definition) is 2. The number of aromatic nitrogens is 2. The van der Waals surface area contributed by atoms with Crippen LogP contribution in [0.1, 0.15) is 49.8 Å².